The van der Waals surface area contributed by atoms with Gasteiger partial charge in [0.05, 0.1) is 5.01 Å². The molecule has 1 atom stereocenters. The third-order valence-electron chi connectivity index (χ3n) is 4.16. The fourth-order valence-corrected chi connectivity index (χ4v) is 3.74. The molecule has 0 aliphatic carbocycles. The Morgan fingerprint density at radius 3 is 2.81 bits per heavy atom. The number of hydrogen-bond donors (Lipinski definition) is 1. The molecular weight excluding hydrogens is 278 g/mol. The summed E-state index contributed by atoms with van der Waals surface area (Å²) in [6.07, 6.45) is 3.13. The minimum absolute atomic E-state index is 0.465. The lowest BCUT2D eigenvalue weighted by molar-refractivity contribution is 0.155. The summed E-state index contributed by atoms with van der Waals surface area (Å²) in [5.74, 6) is 0. The van der Waals surface area contributed by atoms with Gasteiger partial charge in [0.15, 0.2) is 0 Å². The summed E-state index contributed by atoms with van der Waals surface area (Å²) in [6, 6.07) is 9.58. The van der Waals surface area contributed by atoms with Gasteiger partial charge in [0.2, 0.25) is 0 Å². The van der Waals surface area contributed by atoms with Crippen LogP contribution >= 0.6 is 11.3 Å². The second-order valence-corrected chi connectivity index (χ2v) is 6.95. The van der Waals surface area contributed by atoms with Gasteiger partial charge in [-0.1, -0.05) is 31.2 Å². The average molecular weight is 301 g/mol. The smallest absolute Gasteiger partial charge is 0.0897 e. The molecule has 2 aromatic rings. The summed E-state index contributed by atoms with van der Waals surface area (Å²) in [5.41, 5.74) is 2.83. The number of aromatic nitrogens is 1. The topological polar surface area (TPSA) is 28.2 Å². The van der Waals surface area contributed by atoms with E-state index in [1.165, 1.54) is 16.0 Å². The number of rotatable bonds is 4. The fourth-order valence-electron chi connectivity index (χ4n) is 2.92. The van der Waals surface area contributed by atoms with E-state index in [-0.39, 0.29) is 0 Å². The first-order valence-corrected chi connectivity index (χ1v) is 8.53. The van der Waals surface area contributed by atoms with Crippen LogP contribution in [0.2, 0.25) is 0 Å². The maximum Gasteiger partial charge on any atom is 0.0897 e. The van der Waals surface area contributed by atoms with Crippen LogP contribution in [0, 0.1) is 6.92 Å². The summed E-state index contributed by atoms with van der Waals surface area (Å²) in [6.45, 7) is 8.48. The third kappa shape index (κ3) is 3.51. The van der Waals surface area contributed by atoms with Gasteiger partial charge in [-0.15, -0.1) is 11.3 Å². The molecule has 4 heteroatoms. The van der Waals surface area contributed by atoms with Crippen molar-refractivity contribution in [3.63, 3.8) is 0 Å². The van der Waals surface area contributed by atoms with Crippen LogP contribution in [0.25, 0.3) is 0 Å². The number of benzene rings is 1. The van der Waals surface area contributed by atoms with Gasteiger partial charge in [-0.3, -0.25) is 4.90 Å². The van der Waals surface area contributed by atoms with Crippen molar-refractivity contribution in [2.75, 3.05) is 19.6 Å². The molecule has 112 valence electrons. The Morgan fingerprint density at radius 2 is 2.14 bits per heavy atom. The molecule has 3 nitrogen and oxygen atoms in total. The van der Waals surface area contributed by atoms with E-state index >= 15 is 0 Å². The predicted octanol–water partition coefficient (Wildman–Crippen LogP) is 3.16. The van der Waals surface area contributed by atoms with Gasteiger partial charge >= 0.3 is 0 Å². The highest BCUT2D eigenvalue weighted by Crippen LogP contribution is 2.26. The van der Waals surface area contributed by atoms with Gasteiger partial charge in [-0.2, -0.15) is 0 Å². The van der Waals surface area contributed by atoms with E-state index in [2.05, 4.69) is 53.3 Å². The minimum atomic E-state index is 0.465. The Morgan fingerprint density at radius 1 is 1.33 bits per heavy atom. The second-order valence-electron chi connectivity index (χ2n) is 5.63. The largest absolute Gasteiger partial charge is 0.314 e. The SMILES string of the molecule is CCc1ccc(C2CNCCN2Cc2cnc(C)s2)cc1. The van der Waals surface area contributed by atoms with Gasteiger partial charge < -0.3 is 5.32 Å². The Bertz CT molecular complexity index is 576. The molecule has 1 unspecified atom stereocenters. The van der Waals surface area contributed by atoms with Crippen LogP contribution in [0.4, 0.5) is 0 Å². The molecule has 0 radical (unpaired) electrons. The molecule has 1 N–H and O–H groups in total. The normalized spacial score (nSPS) is 19.8. The van der Waals surface area contributed by atoms with Crippen molar-refractivity contribution in [2.45, 2.75) is 32.9 Å². The van der Waals surface area contributed by atoms with Crippen LogP contribution in [0.15, 0.2) is 30.5 Å². The zero-order valence-corrected chi connectivity index (χ0v) is 13.6. The summed E-state index contributed by atoms with van der Waals surface area (Å²) >= 11 is 1.81. The van der Waals surface area contributed by atoms with Crippen LogP contribution in [0.1, 0.15) is 34.0 Å². The molecule has 1 aliphatic heterocycles. The van der Waals surface area contributed by atoms with E-state index in [9.17, 15) is 0 Å². The highest BCUT2D eigenvalue weighted by atomic mass is 32.1. The lowest BCUT2D eigenvalue weighted by Crippen LogP contribution is -2.45. The first kappa shape index (κ1) is 14.7. The third-order valence-corrected chi connectivity index (χ3v) is 5.05. The molecule has 1 aromatic heterocycles. The number of thiazole rings is 1. The van der Waals surface area contributed by atoms with Crippen LogP contribution in [0.5, 0.6) is 0 Å². The van der Waals surface area contributed by atoms with Crippen molar-refractivity contribution in [2.24, 2.45) is 0 Å². The van der Waals surface area contributed by atoms with Crippen LogP contribution in [-0.4, -0.2) is 29.5 Å². The fraction of sp³-hybridized carbons (Fsp3) is 0.471. The Labute approximate surface area is 131 Å². The quantitative estimate of drug-likeness (QED) is 0.940. The highest BCUT2D eigenvalue weighted by molar-refractivity contribution is 7.11. The lowest BCUT2D eigenvalue weighted by Gasteiger charge is -2.36. The van der Waals surface area contributed by atoms with E-state index < -0.39 is 0 Å². The summed E-state index contributed by atoms with van der Waals surface area (Å²) in [5, 5.41) is 4.69. The summed E-state index contributed by atoms with van der Waals surface area (Å²) < 4.78 is 0. The number of aryl methyl sites for hydroxylation is 2. The maximum atomic E-state index is 4.38. The van der Waals surface area contributed by atoms with Crippen molar-refractivity contribution >= 4 is 11.3 Å². The highest BCUT2D eigenvalue weighted by Gasteiger charge is 2.24. The van der Waals surface area contributed by atoms with Gasteiger partial charge in [0, 0.05) is 43.3 Å². The monoisotopic (exact) mass is 301 g/mol. The van der Waals surface area contributed by atoms with Crippen molar-refractivity contribution in [1.82, 2.24) is 15.2 Å². The van der Waals surface area contributed by atoms with Crippen molar-refractivity contribution in [3.8, 4) is 0 Å². The molecule has 0 amide bonds. The molecule has 2 heterocycles. The predicted molar refractivity (Wildman–Crippen MR) is 88.7 cm³/mol. The van der Waals surface area contributed by atoms with Gasteiger partial charge in [0.1, 0.15) is 0 Å². The molecule has 1 saturated heterocycles. The van der Waals surface area contributed by atoms with E-state index in [1.807, 2.05) is 17.5 Å². The van der Waals surface area contributed by atoms with Crippen molar-refractivity contribution < 1.29 is 0 Å². The average Bonchev–Trinajstić information content (AvgIpc) is 2.93. The van der Waals surface area contributed by atoms with E-state index in [1.54, 1.807) is 0 Å². The Hall–Kier alpha value is -1.23. The number of nitrogens with one attached hydrogen (secondary N) is 1. The van der Waals surface area contributed by atoms with Crippen molar-refractivity contribution in [1.29, 1.82) is 0 Å². The zero-order valence-electron chi connectivity index (χ0n) is 12.8. The molecule has 1 fully saturated rings. The van der Waals surface area contributed by atoms with Crippen LogP contribution in [0.3, 0.4) is 0 Å². The van der Waals surface area contributed by atoms with E-state index in [0.29, 0.717) is 6.04 Å². The van der Waals surface area contributed by atoms with E-state index in [0.717, 1.165) is 37.6 Å². The van der Waals surface area contributed by atoms with Gasteiger partial charge in [-0.05, 0) is 24.5 Å². The molecule has 3 rings (SSSR count). The molecule has 0 bridgehead atoms. The summed E-state index contributed by atoms with van der Waals surface area (Å²) in [4.78, 5) is 8.32. The molecule has 0 spiro atoms. The molecule has 1 aliphatic rings. The summed E-state index contributed by atoms with van der Waals surface area (Å²) in [7, 11) is 0. The van der Waals surface area contributed by atoms with Crippen LogP contribution < -0.4 is 5.32 Å². The number of piperazine rings is 1. The Balaban J connectivity index is 1.76. The molecule has 1 aromatic carbocycles. The van der Waals surface area contributed by atoms with Crippen LogP contribution in [-0.2, 0) is 13.0 Å². The first-order chi connectivity index (χ1) is 10.3. The van der Waals surface area contributed by atoms with Gasteiger partial charge in [-0.25, -0.2) is 4.98 Å². The molecule has 21 heavy (non-hydrogen) atoms. The Kier molecular flexibility index (Phi) is 4.68. The maximum absolute atomic E-state index is 4.38. The number of nitrogens with zero attached hydrogens (tertiary/aromatic N) is 2. The number of hydrogen-bond acceptors (Lipinski definition) is 4. The first-order valence-electron chi connectivity index (χ1n) is 7.71. The second kappa shape index (κ2) is 6.69. The molecular formula is C17H23N3S. The standard InChI is InChI=1S/C17H23N3S/c1-3-14-4-6-15(7-5-14)17-11-18-8-9-20(17)12-16-10-19-13(2)21-16/h4-7,10,17-18H,3,8-9,11-12H2,1-2H3. The minimum Gasteiger partial charge on any atom is -0.314 e. The lowest BCUT2D eigenvalue weighted by atomic mass is 10.0. The molecule has 0 saturated carbocycles. The van der Waals surface area contributed by atoms with Crippen molar-refractivity contribution in [3.05, 3.63) is 51.5 Å². The zero-order chi connectivity index (χ0) is 14.7. The van der Waals surface area contributed by atoms with E-state index in [4.69, 9.17) is 0 Å². The van der Waals surface area contributed by atoms with Gasteiger partial charge in [0.25, 0.3) is 0 Å².